The van der Waals surface area contributed by atoms with Gasteiger partial charge in [-0.1, -0.05) is 6.92 Å². The smallest absolute Gasteiger partial charge is 0.250 e. The summed E-state index contributed by atoms with van der Waals surface area (Å²) in [6.45, 7) is 1.93. The minimum Gasteiger partial charge on any atom is -0.304 e. The summed E-state index contributed by atoms with van der Waals surface area (Å²) in [4.78, 5) is 0. The van der Waals surface area contributed by atoms with Crippen molar-refractivity contribution in [2.24, 2.45) is 0 Å². The van der Waals surface area contributed by atoms with Crippen LogP contribution in [0.15, 0.2) is 15.7 Å². The first-order valence-electron chi connectivity index (χ1n) is 4.92. The van der Waals surface area contributed by atoms with E-state index in [0.29, 0.717) is 5.25 Å². The van der Waals surface area contributed by atoms with Crippen LogP contribution in [0.3, 0.4) is 0 Å². The van der Waals surface area contributed by atoms with E-state index in [1.807, 2.05) is 23.2 Å². The van der Waals surface area contributed by atoms with Crippen molar-refractivity contribution in [1.82, 2.24) is 5.32 Å². The number of fused-ring (bicyclic) bond motifs is 1. The Morgan fingerprint density at radius 2 is 2.40 bits per heavy atom. The number of rotatable bonds is 3. The maximum atomic E-state index is 12.1. The van der Waals surface area contributed by atoms with Crippen LogP contribution in [-0.2, 0) is 0 Å². The molecule has 1 aliphatic heterocycles. The van der Waals surface area contributed by atoms with E-state index in [4.69, 9.17) is 0 Å². The second kappa shape index (κ2) is 4.80. The molecule has 15 heavy (non-hydrogen) atoms. The third-order valence-corrected chi connectivity index (χ3v) is 4.77. The zero-order valence-electron chi connectivity index (χ0n) is 8.37. The summed E-state index contributed by atoms with van der Waals surface area (Å²) >= 11 is 3.55. The molecule has 0 radical (unpaired) electrons. The molecule has 0 saturated heterocycles. The highest BCUT2D eigenvalue weighted by Crippen LogP contribution is 2.43. The first-order chi connectivity index (χ1) is 7.16. The Balaban J connectivity index is 2.06. The summed E-state index contributed by atoms with van der Waals surface area (Å²) in [5.74, 6) is 0. The number of thioether (sulfide) groups is 1. The predicted octanol–water partition coefficient (Wildman–Crippen LogP) is 3.53. The van der Waals surface area contributed by atoms with Crippen LogP contribution in [0.4, 0.5) is 8.78 Å². The molecule has 1 aliphatic rings. The lowest BCUT2D eigenvalue weighted by atomic mass is 10.1. The van der Waals surface area contributed by atoms with E-state index in [9.17, 15) is 8.78 Å². The number of alkyl halides is 2. The van der Waals surface area contributed by atoms with Crippen molar-refractivity contribution in [2.75, 3.05) is 6.54 Å². The molecule has 0 fully saturated rings. The van der Waals surface area contributed by atoms with Gasteiger partial charge in [0, 0.05) is 11.3 Å². The molecule has 0 bridgehead atoms. The quantitative estimate of drug-likeness (QED) is 0.879. The zero-order valence-corrected chi connectivity index (χ0v) is 10.0. The molecule has 2 rings (SSSR count). The van der Waals surface area contributed by atoms with Gasteiger partial charge in [-0.05, 0) is 23.4 Å². The minimum absolute atomic E-state index is 0.108. The van der Waals surface area contributed by atoms with Crippen molar-refractivity contribution >= 4 is 23.1 Å². The zero-order chi connectivity index (χ0) is 10.8. The second-order valence-corrected chi connectivity index (χ2v) is 6.30. The lowest BCUT2D eigenvalue weighted by Gasteiger charge is -2.27. The maximum Gasteiger partial charge on any atom is 0.250 e. The molecule has 0 saturated carbocycles. The average molecular weight is 249 g/mol. The van der Waals surface area contributed by atoms with Crippen LogP contribution in [0.25, 0.3) is 0 Å². The molecular weight excluding hydrogens is 236 g/mol. The monoisotopic (exact) mass is 249 g/mol. The molecule has 1 unspecified atom stereocenters. The second-order valence-electron chi connectivity index (χ2n) is 3.68. The Bertz CT molecular complexity index is 327. The van der Waals surface area contributed by atoms with E-state index >= 15 is 0 Å². The van der Waals surface area contributed by atoms with E-state index < -0.39 is 6.43 Å². The van der Waals surface area contributed by atoms with E-state index in [-0.39, 0.29) is 12.6 Å². The fourth-order valence-electron chi connectivity index (χ4n) is 1.77. The van der Waals surface area contributed by atoms with Gasteiger partial charge in [0.15, 0.2) is 0 Å². The van der Waals surface area contributed by atoms with Crippen LogP contribution in [0.5, 0.6) is 0 Å². The molecule has 84 valence electrons. The highest BCUT2D eigenvalue weighted by atomic mass is 32.2. The summed E-state index contributed by atoms with van der Waals surface area (Å²) in [6.07, 6.45) is -1.34. The molecular formula is C10H13F2NS2. The van der Waals surface area contributed by atoms with Gasteiger partial charge >= 0.3 is 0 Å². The standard InChI is InChI=1S/C10H13F2NS2/c1-6-4-8(13-5-9(11)12)7-2-3-14-10(7)15-6/h2-3,6,8-9,13H,4-5H2,1H3/t6-,8?/m0/s1. The summed E-state index contributed by atoms with van der Waals surface area (Å²) in [6, 6.07) is 2.15. The fourth-order valence-corrected chi connectivity index (χ4v) is 4.34. The lowest BCUT2D eigenvalue weighted by Crippen LogP contribution is -2.30. The molecule has 0 aliphatic carbocycles. The van der Waals surface area contributed by atoms with E-state index in [0.717, 1.165) is 6.42 Å². The van der Waals surface area contributed by atoms with Gasteiger partial charge in [-0.15, -0.1) is 23.1 Å². The maximum absolute atomic E-state index is 12.1. The van der Waals surface area contributed by atoms with Crippen molar-refractivity contribution in [3.63, 3.8) is 0 Å². The van der Waals surface area contributed by atoms with Gasteiger partial charge in [-0.2, -0.15) is 0 Å². The van der Waals surface area contributed by atoms with Gasteiger partial charge in [0.25, 0.3) is 6.43 Å². The van der Waals surface area contributed by atoms with Crippen LogP contribution in [-0.4, -0.2) is 18.2 Å². The average Bonchev–Trinajstić information content (AvgIpc) is 2.61. The van der Waals surface area contributed by atoms with Gasteiger partial charge in [0.05, 0.1) is 10.8 Å². The van der Waals surface area contributed by atoms with Crippen molar-refractivity contribution in [3.05, 3.63) is 17.0 Å². The van der Waals surface area contributed by atoms with Crippen LogP contribution in [0.1, 0.15) is 24.9 Å². The molecule has 2 heterocycles. The molecule has 5 heteroatoms. The Morgan fingerprint density at radius 3 is 3.13 bits per heavy atom. The summed E-state index contributed by atoms with van der Waals surface area (Å²) < 4.78 is 25.5. The van der Waals surface area contributed by atoms with Gasteiger partial charge in [0.2, 0.25) is 0 Å². The number of hydrogen-bond donors (Lipinski definition) is 1. The third-order valence-electron chi connectivity index (χ3n) is 2.43. The van der Waals surface area contributed by atoms with Crippen molar-refractivity contribution in [1.29, 1.82) is 0 Å². The summed E-state index contributed by atoms with van der Waals surface area (Å²) in [7, 11) is 0. The highest BCUT2D eigenvalue weighted by molar-refractivity contribution is 8.01. The Kier molecular flexibility index (Phi) is 3.64. The Labute approximate surface area is 96.3 Å². The van der Waals surface area contributed by atoms with E-state index in [1.54, 1.807) is 11.3 Å². The first-order valence-corrected chi connectivity index (χ1v) is 6.68. The summed E-state index contributed by atoms with van der Waals surface area (Å²) in [5, 5.41) is 5.48. The number of halogens is 2. The van der Waals surface area contributed by atoms with Gasteiger partial charge < -0.3 is 5.32 Å². The third kappa shape index (κ3) is 2.71. The van der Waals surface area contributed by atoms with Crippen LogP contribution in [0.2, 0.25) is 0 Å². The topological polar surface area (TPSA) is 12.0 Å². The number of hydrogen-bond acceptors (Lipinski definition) is 3. The van der Waals surface area contributed by atoms with Crippen molar-refractivity contribution in [2.45, 2.75) is 35.3 Å². The highest BCUT2D eigenvalue weighted by Gasteiger charge is 2.26. The molecule has 0 amide bonds. The van der Waals surface area contributed by atoms with E-state index in [2.05, 4.69) is 12.2 Å². The normalized spacial score (nSPS) is 25.6. The number of thiophene rings is 1. The molecule has 1 aromatic heterocycles. The molecule has 1 N–H and O–H groups in total. The molecule has 0 spiro atoms. The molecule has 1 nitrogen and oxygen atoms in total. The van der Waals surface area contributed by atoms with Crippen LogP contribution < -0.4 is 5.32 Å². The molecule has 2 atom stereocenters. The minimum atomic E-state index is -2.27. The molecule has 0 aromatic carbocycles. The van der Waals surface area contributed by atoms with E-state index in [1.165, 1.54) is 9.77 Å². The Hall–Kier alpha value is -0.130. The fraction of sp³-hybridized carbons (Fsp3) is 0.600. The molecule has 1 aromatic rings. The largest absolute Gasteiger partial charge is 0.304 e. The SMILES string of the molecule is C[C@H]1CC(NCC(F)F)c2ccsc2S1. The van der Waals surface area contributed by atoms with Gasteiger partial charge in [-0.3, -0.25) is 0 Å². The van der Waals surface area contributed by atoms with Crippen LogP contribution in [0, 0.1) is 0 Å². The lowest BCUT2D eigenvalue weighted by molar-refractivity contribution is 0.140. The number of nitrogens with one attached hydrogen (secondary N) is 1. The van der Waals surface area contributed by atoms with Gasteiger partial charge in [-0.25, -0.2) is 8.78 Å². The van der Waals surface area contributed by atoms with Crippen molar-refractivity contribution in [3.8, 4) is 0 Å². The van der Waals surface area contributed by atoms with Crippen LogP contribution >= 0.6 is 23.1 Å². The summed E-state index contributed by atoms with van der Waals surface area (Å²) in [5.41, 5.74) is 1.20. The van der Waals surface area contributed by atoms with Gasteiger partial charge in [0.1, 0.15) is 0 Å². The Morgan fingerprint density at radius 1 is 1.60 bits per heavy atom. The predicted molar refractivity (Wildman–Crippen MR) is 61.0 cm³/mol. The first kappa shape index (κ1) is 11.4. The van der Waals surface area contributed by atoms with Crippen molar-refractivity contribution < 1.29 is 8.78 Å².